The van der Waals surface area contributed by atoms with Gasteiger partial charge in [0, 0.05) is 55.9 Å². The van der Waals surface area contributed by atoms with Gasteiger partial charge in [-0.15, -0.1) is 5.10 Å². The minimum absolute atomic E-state index is 0.259. The molecule has 44 heavy (non-hydrogen) atoms. The van der Waals surface area contributed by atoms with E-state index in [1.807, 2.05) is 25.1 Å². The Hall–Kier alpha value is -4.80. The summed E-state index contributed by atoms with van der Waals surface area (Å²) in [6, 6.07) is 14.4. The van der Waals surface area contributed by atoms with Gasteiger partial charge in [-0.05, 0) is 66.1 Å². The Morgan fingerprint density at radius 3 is 2.52 bits per heavy atom. The van der Waals surface area contributed by atoms with Gasteiger partial charge in [0.1, 0.15) is 30.0 Å². The summed E-state index contributed by atoms with van der Waals surface area (Å²) in [5.74, 6) is 1.65. The molecule has 0 aliphatic carbocycles. The van der Waals surface area contributed by atoms with Crippen molar-refractivity contribution in [3.63, 3.8) is 0 Å². The van der Waals surface area contributed by atoms with E-state index in [-0.39, 0.29) is 6.10 Å². The van der Waals surface area contributed by atoms with Crippen LogP contribution in [0.3, 0.4) is 0 Å². The summed E-state index contributed by atoms with van der Waals surface area (Å²) in [6.07, 6.45) is 7.04. The SMILES string of the molecule is COc1ccc(N2CCC(N3CCOCC3)CC2)cc1Nc1ncc(-c2ccc(C#N)c(O[C@@H](C)Cn3cnnn3)c2)cn1. The number of benzene rings is 2. The molecule has 0 bridgehead atoms. The van der Waals surface area contributed by atoms with Crippen LogP contribution in [0.1, 0.15) is 25.3 Å². The number of piperidine rings is 1. The molecular weight excluding hydrogens is 560 g/mol. The number of rotatable bonds is 10. The molecule has 13 heteroatoms. The minimum atomic E-state index is -0.259. The fourth-order valence-electron chi connectivity index (χ4n) is 5.76. The fraction of sp³-hybridized carbons (Fsp3) is 0.419. The summed E-state index contributed by atoms with van der Waals surface area (Å²) < 4.78 is 18.8. The number of morpholine rings is 1. The molecule has 2 fully saturated rings. The largest absolute Gasteiger partial charge is 0.495 e. The van der Waals surface area contributed by atoms with Gasteiger partial charge in [0.25, 0.3) is 0 Å². The van der Waals surface area contributed by atoms with Gasteiger partial charge in [0.15, 0.2) is 0 Å². The highest BCUT2D eigenvalue weighted by molar-refractivity contribution is 5.71. The van der Waals surface area contributed by atoms with E-state index in [9.17, 15) is 5.26 Å². The van der Waals surface area contributed by atoms with Crippen molar-refractivity contribution < 1.29 is 14.2 Å². The van der Waals surface area contributed by atoms with Gasteiger partial charge in [-0.25, -0.2) is 14.6 Å². The van der Waals surface area contributed by atoms with Crippen molar-refractivity contribution in [3.05, 3.63) is 60.7 Å². The number of aromatic nitrogens is 6. The molecule has 0 saturated carbocycles. The first kappa shape index (κ1) is 29.3. The molecule has 6 rings (SSSR count). The Labute approximate surface area is 256 Å². The van der Waals surface area contributed by atoms with Crippen molar-refractivity contribution in [3.8, 4) is 28.7 Å². The number of ether oxygens (including phenoxy) is 3. The third-order valence-corrected chi connectivity index (χ3v) is 8.07. The van der Waals surface area contributed by atoms with Crippen LogP contribution >= 0.6 is 0 Å². The zero-order chi connectivity index (χ0) is 30.3. The molecule has 4 heterocycles. The second-order valence-corrected chi connectivity index (χ2v) is 11.0. The Kier molecular flexibility index (Phi) is 9.09. The lowest BCUT2D eigenvalue weighted by Gasteiger charge is -2.41. The topological polar surface area (TPSA) is 139 Å². The molecule has 1 atom stereocenters. The van der Waals surface area contributed by atoms with Crippen LogP contribution in [0.15, 0.2) is 55.1 Å². The zero-order valence-electron chi connectivity index (χ0n) is 25.0. The van der Waals surface area contributed by atoms with Gasteiger partial charge >= 0.3 is 0 Å². The summed E-state index contributed by atoms with van der Waals surface area (Å²) in [4.78, 5) is 14.2. The van der Waals surface area contributed by atoms with Gasteiger partial charge < -0.3 is 24.4 Å². The van der Waals surface area contributed by atoms with E-state index < -0.39 is 0 Å². The van der Waals surface area contributed by atoms with Crippen LogP contribution in [0.25, 0.3) is 11.1 Å². The molecule has 0 unspecified atom stereocenters. The lowest BCUT2D eigenvalue weighted by atomic mass is 10.0. The minimum Gasteiger partial charge on any atom is -0.495 e. The molecule has 4 aromatic rings. The third kappa shape index (κ3) is 6.88. The number of nitrogens with zero attached hydrogens (tertiary/aromatic N) is 9. The first-order valence-electron chi connectivity index (χ1n) is 14.9. The molecule has 2 saturated heterocycles. The number of methoxy groups -OCH3 is 1. The summed E-state index contributed by atoms with van der Waals surface area (Å²) in [6.45, 7) is 8.09. The number of hydrogen-bond acceptors (Lipinski definition) is 12. The van der Waals surface area contributed by atoms with Crippen LogP contribution in [0.2, 0.25) is 0 Å². The Morgan fingerprint density at radius 2 is 1.82 bits per heavy atom. The molecule has 228 valence electrons. The first-order chi connectivity index (χ1) is 21.6. The molecule has 0 spiro atoms. The summed E-state index contributed by atoms with van der Waals surface area (Å²) in [5.41, 5.74) is 4.01. The maximum atomic E-state index is 9.62. The molecule has 2 aromatic carbocycles. The van der Waals surface area contributed by atoms with Crippen molar-refractivity contribution in [2.75, 3.05) is 56.7 Å². The van der Waals surface area contributed by atoms with Crippen molar-refractivity contribution in [2.45, 2.75) is 38.5 Å². The Balaban J connectivity index is 1.12. The molecule has 1 N–H and O–H groups in total. The normalized spacial score (nSPS) is 16.7. The highest BCUT2D eigenvalue weighted by Gasteiger charge is 2.26. The molecule has 2 aliphatic heterocycles. The van der Waals surface area contributed by atoms with E-state index >= 15 is 0 Å². The van der Waals surface area contributed by atoms with Crippen LogP contribution in [0, 0.1) is 11.3 Å². The van der Waals surface area contributed by atoms with Gasteiger partial charge in [-0.1, -0.05) is 6.07 Å². The van der Waals surface area contributed by atoms with Gasteiger partial charge in [0.05, 0.1) is 38.1 Å². The molecule has 2 aliphatic rings. The standard InChI is InChI=1S/C31H36N10O3/c1-22(20-41-21-35-37-38-41)44-30-15-23(3-4-24(30)17-32)25-18-33-31(34-19-25)36-28-16-27(5-6-29(28)42-2)39-9-7-26(8-10-39)40-11-13-43-14-12-40/h3-6,15-16,18-19,21-22,26H,7-14,20H2,1-2H3,(H,33,34,36)/t22-/m0/s1. The molecule has 0 amide bonds. The van der Waals surface area contributed by atoms with Crippen LogP contribution in [-0.4, -0.2) is 93.7 Å². The highest BCUT2D eigenvalue weighted by Crippen LogP contribution is 2.34. The maximum Gasteiger partial charge on any atom is 0.227 e. The predicted molar refractivity (Wildman–Crippen MR) is 164 cm³/mol. The van der Waals surface area contributed by atoms with Crippen molar-refractivity contribution >= 4 is 17.3 Å². The van der Waals surface area contributed by atoms with Gasteiger partial charge in [-0.2, -0.15) is 5.26 Å². The number of nitriles is 1. The summed E-state index contributed by atoms with van der Waals surface area (Å²) in [7, 11) is 1.66. The fourth-order valence-corrected chi connectivity index (χ4v) is 5.76. The lowest BCUT2D eigenvalue weighted by Crippen LogP contribution is -2.49. The predicted octanol–water partition coefficient (Wildman–Crippen LogP) is 3.52. The lowest BCUT2D eigenvalue weighted by molar-refractivity contribution is 0.0115. The van der Waals surface area contributed by atoms with Crippen molar-refractivity contribution in [1.82, 2.24) is 35.1 Å². The van der Waals surface area contributed by atoms with Gasteiger partial charge in [0.2, 0.25) is 5.95 Å². The zero-order valence-corrected chi connectivity index (χ0v) is 25.0. The third-order valence-electron chi connectivity index (χ3n) is 8.07. The Bertz CT molecular complexity index is 1560. The van der Waals surface area contributed by atoms with E-state index in [4.69, 9.17) is 14.2 Å². The van der Waals surface area contributed by atoms with E-state index in [0.29, 0.717) is 35.6 Å². The number of anilines is 3. The molecule has 13 nitrogen and oxygen atoms in total. The monoisotopic (exact) mass is 596 g/mol. The average Bonchev–Trinajstić information content (AvgIpc) is 3.58. The second-order valence-electron chi connectivity index (χ2n) is 11.0. The second kappa shape index (κ2) is 13.7. The Morgan fingerprint density at radius 1 is 1.02 bits per heavy atom. The van der Waals surface area contributed by atoms with E-state index in [1.54, 1.807) is 30.3 Å². The highest BCUT2D eigenvalue weighted by atomic mass is 16.5. The van der Waals surface area contributed by atoms with Crippen molar-refractivity contribution in [1.29, 1.82) is 5.26 Å². The van der Waals surface area contributed by atoms with E-state index in [2.05, 4.69) is 58.8 Å². The molecule has 2 aromatic heterocycles. The van der Waals surface area contributed by atoms with Crippen LogP contribution in [0.4, 0.5) is 17.3 Å². The van der Waals surface area contributed by atoms with E-state index in [0.717, 1.165) is 74.7 Å². The summed E-state index contributed by atoms with van der Waals surface area (Å²) in [5, 5.41) is 24.1. The van der Waals surface area contributed by atoms with Gasteiger partial charge in [-0.3, -0.25) is 4.90 Å². The molecular formula is C31H36N10O3. The van der Waals surface area contributed by atoms with Crippen LogP contribution in [-0.2, 0) is 11.3 Å². The number of tetrazole rings is 1. The quantitative estimate of drug-likeness (QED) is 0.286. The van der Waals surface area contributed by atoms with E-state index in [1.165, 1.54) is 6.33 Å². The maximum absolute atomic E-state index is 9.62. The first-order valence-corrected chi connectivity index (χ1v) is 14.9. The summed E-state index contributed by atoms with van der Waals surface area (Å²) >= 11 is 0. The van der Waals surface area contributed by atoms with Crippen LogP contribution < -0.4 is 19.7 Å². The smallest absolute Gasteiger partial charge is 0.227 e. The van der Waals surface area contributed by atoms with Crippen molar-refractivity contribution in [2.24, 2.45) is 0 Å². The average molecular weight is 597 g/mol. The van der Waals surface area contributed by atoms with Crippen LogP contribution in [0.5, 0.6) is 11.5 Å². The number of nitrogens with one attached hydrogen (secondary N) is 1. The molecule has 0 radical (unpaired) electrons. The number of hydrogen-bond donors (Lipinski definition) is 1.